The highest BCUT2D eigenvalue weighted by molar-refractivity contribution is 5.83. The maximum absolute atomic E-state index is 12.4. The molecule has 0 heterocycles. The monoisotopic (exact) mass is 499 g/mol. The van der Waals surface area contributed by atoms with Crippen LogP contribution in [0.15, 0.2) is 42.5 Å². The number of rotatable bonds is 18. The second-order valence-electron chi connectivity index (χ2n) is 10.2. The van der Waals surface area contributed by atoms with Crippen LogP contribution in [-0.4, -0.2) is 40.5 Å². The minimum Gasteiger partial charge on any atom is -0.481 e. The summed E-state index contributed by atoms with van der Waals surface area (Å²) in [6, 6.07) is 9.43. The van der Waals surface area contributed by atoms with Gasteiger partial charge < -0.3 is 15.5 Å². The van der Waals surface area contributed by atoms with Gasteiger partial charge in [0.2, 0.25) is 5.91 Å². The molecule has 0 saturated heterocycles. The molecule has 2 rings (SSSR count). The van der Waals surface area contributed by atoms with Gasteiger partial charge in [-0.2, -0.15) is 0 Å². The molecule has 1 aliphatic carbocycles. The van der Waals surface area contributed by atoms with Gasteiger partial charge in [0.15, 0.2) is 0 Å². The highest BCUT2D eigenvalue weighted by Crippen LogP contribution is 2.34. The van der Waals surface area contributed by atoms with E-state index < -0.39 is 12.1 Å². The van der Waals surface area contributed by atoms with Crippen LogP contribution in [0.3, 0.4) is 0 Å². The Balaban J connectivity index is 1.63. The molecule has 0 aromatic heterocycles. The summed E-state index contributed by atoms with van der Waals surface area (Å²) in [5.74, 6) is -0.506. The lowest BCUT2D eigenvalue weighted by Crippen LogP contribution is -2.29. The Kier molecular flexibility index (Phi) is 14.1. The van der Waals surface area contributed by atoms with E-state index in [9.17, 15) is 24.6 Å². The van der Waals surface area contributed by atoms with Gasteiger partial charge in [0.05, 0.1) is 12.5 Å². The third-order valence-corrected chi connectivity index (χ3v) is 7.24. The topological polar surface area (TPSA) is 104 Å². The van der Waals surface area contributed by atoms with Gasteiger partial charge in [-0.15, -0.1) is 0 Å². The van der Waals surface area contributed by atoms with Gasteiger partial charge in [-0.1, -0.05) is 87.9 Å². The summed E-state index contributed by atoms with van der Waals surface area (Å²) in [4.78, 5) is 35.8. The van der Waals surface area contributed by atoms with Crippen LogP contribution in [0, 0.1) is 11.8 Å². The third kappa shape index (κ3) is 11.5. The van der Waals surface area contributed by atoms with Crippen LogP contribution in [0.5, 0.6) is 0 Å². The number of aliphatic hydroxyl groups excluding tert-OH is 1. The first kappa shape index (κ1) is 29.8. The van der Waals surface area contributed by atoms with Crippen molar-refractivity contribution in [3.8, 4) is 0 Å². The molecule has 1 aromatic rings. The Morgan fingerprint density at radius 3 is 2.56 bits per heavy atom. The normalized spacial score (nSPS) is 19.4. The lowest BCUT2D eigenvalue weighted by atomic mass is 9.89. The van der Waals surface area contributed by atoms with Crippen molar-refractivity contribution in [2.24, 2.45) is 11.8 Å². The fourth-order valence-corrected chi connectivity index (χ4v) is 5.08. The summed E-state index contributed by atoms with van der Waals surface area (Å²) in [6.07, 6.45) is 14.1. The maximum atomic E-state index is 12.4. The molecular formula is C30H45NO5. The number of unbranched alkanes of at least 4 members (excludes halogenated alkanes) is 5. The number of benzene rings is 1. The predicted octanol–water partition coefficient (Wildman–Crippen LogP) is 5.79. The molecule has 6 nitrogen and oxygen atoms in total. The molecule has 3 N–H and O–H groups in total. The van der Waals surface area contributed by atoms with E-state index in [1.165, 1.54) is 0 Å². The van der Waals surface area contributed by atoms with Gasteiger partial charge in [-0.05, 0) is 37.2 Å². The largest absolute Gasteiger partial charge is 0.481 e. The Morgan fingerprint density at radius 1 is 1.08 bits per heavy atom. The number of hydrogen-bond acceptors (Lipinski definition) is 4. The van der Waals surface area contributed by atoms with Gasteiger partial charge >= 0.3 is 5.97 Å². The molecule has 1 unspecified atom stereocenters. The van der Waals surface area contributed by atoms with Crippen LogP contribution in [0.25, 0.3) is 0 Å². The second kappa shape index (κ2) is 17.1. The third-order valence-electron chi connectivity index (χ3n) is 7.24. The molecule has 0 aliphatic heterocycles. The Bertz CT molecular complexity index is 822. The van der Waals surface area contributed by atoms with Crippen molar-refractivity contribution < 1.29 is 24.6 Å². The highest BCUT2D eigenvalue weighted by Gasteiger charge is 2.32. The van der Waals surface area contributed by atoms with E-state index in [1.54, 1.807) is 0 Å². The number of ketones is 1. The zero-order valence-corrected chi connectivity index (χ0v) is 21.9. The number of allylic oxidation sites excluding steroid dienone is 1. The fourth-order valence-electron chi connectivity index (χ4n) is 5.08. The molecule has 1 aliphatic rings. The lowest BCUT2D eigenvalue weighted by Gasteiger charge is -2.16. The van der Waals surface area contributed by atoms with Crippen LogP contribution >= 0.6 is 0 Å². The van der Waals surface area contributed by atoms with Crippen molar-refractivity contribution in [3.05, 3.63) is 48.0 Å². The molecule has 1 saturated carbocycles. The first-order valence-corrected chi connectivity index (χ1v) is 13.8. The molecule has 1 amide bonds. The van der Waals surface area contributed by atoms with Gasteiger partial charge in [0.25, 0.3) is 0 Å². The van der Waals surface area contributed by atoms with Crippen molar-refractivity contribution in [2.45, 2.75) is 102 Å². The average molecular weight is 500 g/mol. The average Bonchev–Trinajstić information content (AvgIpc) is 3.22. The molecular weight excluding hydrogens is 454 g/mol. The highest BCUT2D eigenvalue weighted by atomic mass is 16.4. The van der Waals surface area contributed by atoms with E-state index in [0.717, 1.165) is 69.8 Å². The minimum atomic E-state index is -0.875. The van der Waals surface area contributed by atoms with Gasteiger partial charge in [-0.25, -0.2) is 0 Å². The predicted molar refractivity (Wildman–Crippen MR) is 143 cm³/mol. The van der Waals surface area contributed by atoms with E-state index in [1.807, 2.05) is 36.4 Å². The summed E-state index contributed by atoms with van der Waals surface area (Å²) < 4.78 is 0. The molecule has 4 atom stereocenters. The van der Waals surface area contributed by atoms with Crippen molar-refractivity contribution in [1.29, 1.82) is 0 Å². The zero-order valence-electron chi connectivity index (χ0n) is 21.9. The maximum Gasteiger partial charge on any atom is 0.304 e. The van der Waals surface area contributed by atoms with Crippen LogP contribution in [0.4, 0.5) is 0 Å². The number of hydrogen-bond donors (Lipinski definition) is 3. The SMILES string of the molecule is CCCCC[C@H](O)C=C[C@H]1CCC(=O)[C@@H]1CCCCCCC(=O)NCC(CC(=O)O)c1ccccc1. The van der Waals surface area contributed by atoms with Crippen molar-refractivity contribution in [3.63, 3.8) is 0 Å². The number of carboxylic acids is 1. The first-order valence-electron chi connectivity index (χ1n) is 13.8. The molecule has 0 radical (unpaired) electrons. The van der Waals surface area contributed by atoms with Crippen molar-refractivity contribution in [1.82, 2.24) is 5.32 Å². The zero-order chi connectivity index (χ0) is 26.2. The summed E-state index contributed by atoms with van der Waals surface area (Å²) in [5, 5.41) is 22.2. The first-order chi connectivity index (χ1) is 17.4. The van der Waals surface area contributed by atoms with Crippen LogP contribution in [0.2, 0.25) is 0 Å². The van der Waals surface area contributed by atoms with Crippen LogP contribution < -0.4 is 5.32 Å². The smallest absolute Gasteiger partial charge is 0.304 e. The minimum absolute atomic E-state index is 0.0157. The number of nitrogens with one attached hydrogen (secondary N) is 1. The summed E-state index contributed by atoms with van der Waals surface area (Å²) in [6.45, 7) is 2.47. The molecule has 6 heteroatoms. The standard InChI is InChI=1S/C30H45NO5/c1-2-3-7-14-26(32)19-17-24-18-20-28(33)27(24)15-10-4-5-11-16-29(34)31-22-25(21-30(35)36)23-12-8-6-9-13-23/h6,8-9,12-13,17,19,24-27,32H,2-5,7,10-11,14-16,18,20-22H2,1H3,(H,31,34)(H,35,36)/t24-,25?,26-,27+/m0/s1. The van der Waals surface area contributed by atoms with Gasteiger partial charge in [-0.3, -0.25) is 14.4 Å². The number of carbonyl (C=O) groups is 3. The molecule has 1 aromatic carbocycles. The Labute approximate surface area is 216 Å². The van der Waals surface area contributed by atoms with E-state index in [-0.39, 0.29) is 30.1 Å². The molecule has 1 fully saturated rings. The molecule has 0 spiro atoms. The Morgan fingerprint density at radius 2 is 1.83 bits per heavy atom. The number of aliphatic hydroxyl groups is 1. The number of carbonyl (C=O) groups excluding carboxylic acids is 2. The van der Waals surface area contributed by atoms with E-state index in [4.69, 9.17) is 0 Å². The van der Waals surface area contributed by atoms with Crippen LogP contribution in [-0.2, 0) is 14.4 Å². The second-order valence-corrected chi connectivity index (χ2v) is 10.2. The quantitative estimate of drug-likeness (QED) is 0.175. The molecule has 200 valence electrons. The fraction of sp³-hybridized carbons (Fsp3) is 0.633. The summed E-state index contributed by atoms with van der Waals surface area (Å²) >= 11 is 0. The lowest BCUT2D eigenvalue weighted by molar-refractivity contribution is -0.137. The van der Waals surface area contributed by atoms with Crippen molar-refractivity contribution in [2.75, 3.05) is 6.54 Å². The number of carboxylic acid groups (broad SMARTS) is 1. The molecule has 0 bridgehead atoms. The van der Waals surface area contributed by atoms with E-state index >= 15 is 0 Å². The summed E-state index contributed by atoms with van der Waals surface area (Å²) in [5.41, 5.74) is 0.917. The van der Waals surface area contributed by atoms with Gasteiger partial charge in [0, 0.05) is 31.2 Å². The van der Waals surface area contributed by atoms with Crippen LogP contribution in [0.1, 0.15) is 102 Å². The molecule has 36 heavy (non-hydrogen) atoms. The number of aliphatic carboxylic acids is 1. The number of amides is 1. The van der Waals surface area contributed by atoms with E-state index in [2.05, 4.69) is 18.3 Å². The van der Waals surface area contributed by atoms with Crippen molar-refractivity contribution >= 4 is 17.7 Å². The van der Waals surface area contributed by atoms with Gasteiger partial charge in [0.1, 0.15) is 5.78 Å². The number of Topliss-reactive ketones (excluding diaryl/α,β-unsaturated/α-hetero) is 1. The summed E-state index contributed by atoms with van der Waals surface area (Å²) in [7, 11) is 0. The van der Waals surface area contributed by atoms with E-state index in [0.29, 0.717) is 25.2 Å². The Hall–Kier alpha value is -2.47.